The van der Waals surface area contributed by atoms with Crippen molar-refractivity contribution in [2.75, 3.05) is 0 Å². The summed E-state index contributed by atoms with van der Waals surface area (Å²) >= 11 is 3.40. The molecule has 1 unspecified atom stereocenters. The summed E-state index contributed by atoms with van der Waals surface area (Å²) in [6.07, 6.45) is 5.73. The molecule has 0 spiro atoms. The molecule has 0 aliphatic carbocycles. The first-order valence-corrected chi connectivity index (χ1v) is 5.74. The van der Waals surface area contributed by atoms with Crippen LogP contribution in [-0.4, -0.2) is 11.0 Å². The van der Waals surface area contributed by atoms with Gasteiger partial charge in [0, 0.05) is 22.9 Å². The molecule has 0 amide bonds. The average molecular weight is 257 g/mol. The van der Waals surface area contributed by atoms with Crippen molar-refractivity contribution in [3.63, 3.8) is 0 Å². The molecule has 1 aromatic rings. The highest BCUT2D eigenvalue weighted by atomic mass is 79.9. The van der Waals surface area contributed by atoms with Gasteiger partial charge in [0.25, 0.3) is 0 Å². The fourth-order valence-corrected chi connectivity index (χ4v) is 1.67. The van der Waals surface area contributed by atoms with Crippen molar-refractivity contribution < 1.29 is 0 Å². The van der Waals surface area contributed by atoms with Crippen molar-refractivity contribution in [3.8, 4) is 0 Å². The van der Waals surface area contributed by atoms with E-state index in [1.165, 1.54) is 5.56 Å². The maximum absolute atomic E-state index is 5.97. The first kappa shape index (κ1) is 11.7. The number of aromatic nitrogens is 1. The van der Waals surface area contributed by atoms with E-state index in [0.29, 0.717) is 5.92 Å². The molecule has 1 rings (SSSR count). The third-order valence-corrected chi connectivity index (χ3v) is 2.82. The van der Waals surface area contributed by atoms with Crippen LogP contribution < -0.4 is 5.73 Å². The second-order valence-electron chi connectivity index (χ2n) is 3.96. The smallest absolute Gasteiger partial charge is 0.0410 e. The lowest BCUT2D eigenvalue weighted by Gasteiger charge is -2.14. The van der Waals surface area contributed by atoms with Crippen molar-refractivity contribution >= 4 is 15.9 Å². The highest BCUT2D eigenvalue weighted by molar-refractivity contribution is 9.10. The van der Waals surface area contributed by atoms with E-state index in [9.17, 15) is 0 Å². The molecule has 2 nitrogen and oxygen atoms in total. The van der Waals surface area contributed by atoms with Gasteiger partial charge in [-0.05, 0) is 46.3 Å². The van der Waals surface area contributed by atoms with Crippen LogP contribution in [0.2, 0.25) is 0 Å². The van der Waals surface area contributed by atoms with E-state index in [4.69, 9.17) is 5.73 Å². The Morgan fingerprint density at radius 2 is 2.14 bits per heavy atom. The zero-order valence-corrected chi connectivity index (χ0v) is 10.3. The number of hydrogen-bond donors (Lipinski definition) is 1. The van der Waals surface area contributed by atoms with Crippen molar-refractivity contribution in [2.45, 2.75) is 32.7 Å². The lowest BCUT2D eigenvalue weighted by atomic mass is 9.98. The van der Waals surface area contributed by atoms with Crippen LogP contribution in [0.4, 0.5) is 0 Å². The van der Waals surface area contributed by atoms with Crippen LogP contribution in [0.3, 0.4) is 0 Å². The molecule has 14 heavy (non-hydrogen) atoms. The molecule has 1 aromatic heterocycles. The molecule has 1 heterocycles. The summed E-state index contributed by atoms with van der Waals surface area (Å²) in [5, 5.41) is 0. The quantitative estimate of drug-likeness (QED) is 0.900. The Morgan fingerprint density at radius 3 is 2.71 bits per heavy atom. The van der Waals surface area contributed by atoms with E-state index in [1.807, 2.05) is 6.20 Å². The highest BCUT2D eigenvalue weighted by Gasteiger charge is 2.07. The van der Waals surface area contributed by atoms with Crippen LogP contribution in [0.15, 0.2) is 22.9 Å². The minimum absolute atomic E-state index is 0.286. The standard InChI is InChI=1S/C11H17BrN2/c1-8(2)11(13)4-3-9-5-10(12)7-14-6-9/h5-8,11H,3-4,13H2,1-2H3. The molecule has 0 bridgehead atoms. The Hall–Kier alpha value is -0.410. The summed E-state index contributed by atoms with van der Waals surface area (Å²) < 4.78 is 1.04. The van der Waals surface area contributed by atoms with E-state index in [0.717, 1.165) is 17.3 Å². The average Bonchev–Trinajstić information content (AvgIpc) is 2.14. The fourth-order valence-electron chi connectivity index (χ4n) is 1.26. The topological polar surface area (TPSA) is 38.9 Å². The molecular weight excluding hydrogens is 240 g/mol. The zero-order valence-electron chi connectivity index (χ0n) is 8.70. The second-order valence-corrected chi connectivity index (χ2v) is 4.87. The lowest BCUT2D eigenvalue weighted by Crippen LogP contribution is -2.26. The molecule has 2 N–H and O–H groups in total. The molecular formula is C11H17BrN2. The number of aryl methyl sites for hydroxylation is 1. The van der Waals surface area contributed by atoms with Gasteiger partial charge in [-0.15, -0.1) is 0 Å². The number of pyridine rings is 1. The van der Waals surface area contributed by atoms with Gasteiger partial charge in [-0.1, -0.05) is 13.8 Å². The SMILES string of the molecule is CC(C)C(N)CCc1cncc(Br)c1. The molecule has 0 saturated carbocycles. The monoisotopic (exact) mass is 256 g/mol. The van der Waals surface area contributed by atoms with Crippen LogP contribution in [-0.2, 0) is 6.42 Å². The summed E-state index contributed by atoms with van der Waals surface area (Å²) in [7, 11) is 0. The maximum Gasteiger partial charge on any atom is 0.0410 e. The van der Waals surface area contributed by atoms with Crippen LogP contribution in [0, 0.1) is 5.92 Å². The van der Waals surface area contributed by atoms with Gasteiger partial charge in [-0.3, -0.25) is 4.98 Å². The van der Waals surface area contributed by atoms with Crippen molar-refractivity contribution in [3.05, 3.63) is 28.5 Å². The number of nitrogens with zero attached hydrogens (tertiary/aromatic N) is 1. The van der Waals surface area contributed by atoms with Gasteiger partial charge in [-0.2, -0.15) is 0 Å². The molecule has 0 aromatic carbocycles. The largest absolute Gasteiger partial charge is 0.327 e. The lowest BCUT2D eigenvalue weighted by molar-refractivity contribution is 0.464. The van der Waals surface area contributed by atoms with Crippen molar-refractivity contribution in [1.82, 2.24) is 4.98 Å². The predicted molar refractivity (Wildman–Crippen MR) is 63.1 cm³/mol. The Bertz CT molecular complexity index is 286. The van der Waals surface area contributed by atoms with Gasteiger partial charge in [0.2, 0.25) is 0 Å². The van der Waals surface area contributed by atoms with Gasteiger partial charge in [0.05, 0.1) is 0 Å². The predicted octanol–water partition coefficient (Wildman–Crippen LogP) is 2.76. The summed E-state index contributed by atoms with van der Waals surface area (Å²) in [4.78, 5) is 4.12. The Kier molecular flexibility index (Phi) is 4.55. The Labute approximate surface area is 94.0 Å². The third kappa shape index (κ3) is 3.76. The maximum atomic E-state index is 5.97. The third-order valence-electron chi connectivity index (χ3n) is 2.38. The number of nitrogens with two attached hydrogens (primary N) is 1. The fraction of sp³-hybridized carbons (Fsp3) is 0.545. The number of rotatable bonds is 4. The van der Waals surface area contributed by atoms with E-state index < -0.39 is 0 Å². The Balaban J connectivity index is 2.45. The molecule has 0 fully saturated rings. The summed E-state index contributed by atoms with van der Waals surface area (Å²) in [6, 6.07) is 2.38. The molecule has 0 saturated heterocycles. The minimum atomic E-state index is 0.286. The van der Waals surface area contributed by atoms with Gasteiger partial charge in [0.15, 0.2) is 0 Å². The number of halogens is 1. The van der Waals surface area contributed by atoms with E-state index >= 15 is 0 Å². The van der Waals surface area contributed by atoms with Gasteiger partial charge < -0.3 is 5.73 Å². The molecule has 0 aliphatic heterocycles. The first-order chi connectivity index (χ1) is 6.59. The van der Waals surface area contributed by atoms with Crippen LogP contribution >= 0.6 is 15.9 Å². The molecule has 0 aliphatic rings. The van der Waals surface area contributed by atoms with Crippen LogP contribution in [0.5, 0.6) is 0 Å². The van der Waals surface area contributed by atoms with Gasteiger partial charge >= 0.3 is 0 Å². The van der Waals surface area contributed by atoms with Crippen LogP contribution in [0.25, 0.3) is 0 Å². The van der Waals surface area contributed by atoms with Crippen molar-refractivity contribution in [2.24, 2.45) is 11.7 Å². The summed E-state index contributed by atoms with van der Waals surface area (Å²) in [5.74, 6) is 0.551. The highest BCUT2D eigenvalue weighted by Crippen LogP contribution is 2.13. The Morgan fingerprint density at radius 1 is 1.43 bits per heavy atom. The van der Waals surface area contributed by atoms with E-state index in [2.05, 4.69) is 40.8 Å². The van der Waals surface area contributed by atoms with E-state index in [-0.39, 0.29) is 6.04 Å². The van der Waals surface area contributed by atoms with E-state index in [1.54, 1.807) is 6.20 Å². The molecule has 0 radical (unpaired) electrons. The normalized spacial score (nSPS) is 13.2. The molecule has 1 atom stereocenters. The summed E-state index contributed by atoms with van der Waals surface area (Å²) in [5.41, 5.74) is 7.22. The number of hydrogen-bond acceptors (Lipinski definition) is 2. The molecule has 3 heteroatoms. The zero-order chi connectivity index (χ0) is 10.6. The van der Waals surface area contributed by atoms with Crippen molar-refractivity contribution in [1.29, 1.82) is 0 Å². The molecule has 78 valence electrons. The van der Waals surface area contributed by atoms with Crippen LogP contribution in [0.1, 0.15) is 25.8 Å². The van der Waals surface area contributed by atoms with Gasteiger partial charge in [0.1, 0.15) is 0 Å². The second kappa shape index (κ2) is 5.47. The summed E-state index contributed by atoms with van der Waals surface area (Å²) in [6.45, 7) is 4.31. The van der Waals surface area contributed by atoms with Gasteiger partial charge in [-0.25, -0.2) is 0 Å². The minimum Gasteiger partial charge on any atom is -0.327 e. The first-order valence-electron chi connectivity index (χ1n) is 4.94.